The van der Waals surface area contributed by atoms with Crippen molar-refractivity contribution >= 4 is 44.5 Å². The van der Waals surface area contributed by atoms with Gasteiger partial charge in [-0.05, 0) is 12.1 Å². The van der Waals surface area contributed by atoms with Crippen molar-refractivity contribution in [1.29, 1.82) is 0 Å². The number of thioether (sulfide) groups is 1. The van der Waals surface area contributed by atoms with Crippen molar-refractivity contribution in [3.8, 4) is 10.8 Å². The quantitative estimate of drug-likeness (QED) is 0.787. The van der Waals surface area contributed by atoms with Gasteiger partial charge in [-0.3, -0.25) is 0 Å². The normalized spacial score (nSPS) is 11.9. The number of hydrogen-bond donors (Lipinski definition) is 0. The second-order valence-electron chi connectivity index (χ2n) is 3.46. The molecule has 18 heavy (non-hydrogen) atoms. The highest BCUT2D eigenvalue weighted by atomic mass is 35.5. The van der Waals surface area contributed by atoms with Gasteiger partial charge in [-0.1, -0.05) is 23.4 Å². The molecule has 0 aromatic carbocycles. The van der Waals surface area contributed by atoms with Gasteiger partial charge in [-0.25, -0.2) is 8.42 Å². The van der Waals surface area contributed by atoms with Gasteiger partial charge in [0.15, 0.2) is 0 Å². The van der Waals surface area contributed by atoms with Gasteiger partial charge in [-0.2, -0.15) is 0 Å². The highest BCUT2D eigenvalue weighted by Crippen LogP contribution is 2.31. The van der Waals surface area contributed by atoms with Gasteiger partial charge in [0.2, 0.25) is 0 Å². The summed E-state index contributed by atoms with van der Waals surface area (Å²) in [4.78, 5) is 0.794. The Morgan fingerprint density at radius 3 is 2.83 bits per heavy atom. The fraction of sp³-hybridized carbons (Fsp3) is 0.333. The Balaban J connectivity index is 1.98. The molecule has 2 heterocycles. The first-order valence-electron chi connectivity index (χ1n) is 4.84. The van der Waals surface area contributed by atoms with Crippen molar-refractivity contribution in [1.82, 2.24) is 10.2 Å². The predicted molar refractivity (Wildman–Crippen MR) is 73.1 cm³/mol. The topological polar surface area (TPSA) is 73.1 Å². The fourth-order valence-electron chi connectivity index (χ4n) is 1.08. The van der Waals surface area contributed by atoms with Gasteiger partial charge in [0.25, 0.3) is 11.1 Å². The van der Waals surface area contributed by atoms with Crippen LogP contribution in [0.5, 0.6) is 0 Å². The highest BCUT2D eigenvalue weighted by molar-refractivity contribution is 8.00. The van der Waals surface area contributed by atoms with Gasteiger partial charge >= 0.3 is 0 Å². The van der Waals surface area contributed by atoms with Crippen LogP contribution in [0.1, 0.15) is 0 Å². The van der Waals surface area contributed by atoms with Crippen LogP contribution in [0, 0.1) is 0 Å². The Hall–Kier alpha value is -0.570. The minimum Gasteiger partial charge on any atom is -0.410 e. The minimum absolute atomic E-state index is 0.0835. The smallest absolute Gasteiger partial charge is 0.276 e. The molecule has 2 aromatic rings. The molecule has 98 valence electrons. The molecular formula is C9H9ClN2O3S3. The van der Waals surface area contributed by atoms with Crippen molar-refractivity contribution in [2.45, 2.75) is 5.22 Å². The average Bonchev–Trinajstić information content (AvgIpc) is 2.85. The molecule has 0 spiro atoms. The molecule has 0 N–H and O–H groups in total. The summed E-state index contributed by atoms with van der Waals surface area (Å²) in [5.41, 5.74) is 0. The summed E-state index contributed by atoms with van der Waals surface area (Å²) < 4.78 is 28.0. The van der Waals surface area contributed by atoms with Gasteiger partial charge in [0.05, 0.1) is 15.0 Å². The number of aromatic nitrogens is 2. The maximum Gasteiger partial charge on any atom is 0.276 e. The van der Waals surface area contributed by atoms with Gasteiger partial charge in [-0.15, -0.1) is 21.5 Å². The molecule has 0 saturated carbocycles. The van der Waals surface area contributed by atoms with Crippen LogP contribution in [0.25, 0.3) is 10.8 Å². The highest BCUT2D eigenvalue weighted by Gasteiger charge is 2.12. The van der Waals surface area contributed by atoms with Crippen molar-refractivity contribution in [2.24, 2.45) is 0 Å². The maximum absolute atomic E-state index is 11.0. The zero-order valence-corrected chi connectivity index (χ0v) is 12.5. The summed E-state index contributed by atoms with van der Waals surface area (Å²) in [7, 11) is -2.96. The van der Waals surface area contributed by atoms with Crippen LogP contribution in [0.15, 0.2) is 21.8 Å². The number of thiophene rings is 1. The first kappa shape index (κ1) is 13.9. The van der Waals surface area contributed by atoms with Crippen LogP contribution in [0.4, 0.5) is 0 Å². The van der Waals surface area contributed by atoms with E-state index in [1.165, 1.54) is 29.4 Å². The Kier molecular flexibility index (Phi) is 4.31. The Morgan fingerprint density at radius 1 is 1.44 bits per heavy atom. The number of hydrogen-bond acceptors (Lipinski definition) is 7. The van der Waals surface area contributed by atoms with Crippen LogP contribution in [-0.4, -0.2) is 36.4 Å². The second kappa shape index (κ2) is 5.60. The molecule has 0 radical (unpaired) electrons. The van der Waals surface area contributed by atoms with E-state index in [4.69, 9.17) is 16.0 Å². The molecule has 2 rings (SSSR count). The number of sulfone groups is 1. The fourth-order valence-corrected chi connectivity index (χ4v) is 4.00. The molecule has 0 fully saturated rings. The summed E-state index contributed by atoms with van der Waals surface area (Å²) in [5, 5.41) is 8.08. The summed E-state index contributed by atoms with van der Waals surface area (Å²) in [6.07, 6.45) is 1.19. The zero-order chi connectivity index (χ0) is 13.2. The summed E-state index contributed by atoms with van der Waals surface area (Å²) in [6.45, 7) is 0. The number of halogens is 1. The molecule has 0 amide bonds. The van der Waals surface area contributed by atoms with E-state index in [1.54, 1.807) is 12.1 Å². The van der Waals surface area contributed by atoms with Crippen LogP contribution < -0.4 is 0 Å². The van der Waals surface area contributed by atoms with Crippen LogP contribution in [-0.2, 0) is 9.84 Å². The zero-order valence-electron chi connectivity index (χ0n) is 9.29. The lowest BCUT2D eigenvalue weighted by Crippen LogP contribution is -2.04. The lowest BCUT2D eigenvalue weighted by Gasteiger charge is -1.94. The van der Waals surface area contributed by atoms with Gasteiger partial charge < -0.3 is 4.42 Å². The standard InChI is InChI=1S/C9H9ClN2O3S3/c1-18(13,14)5-4-16-9-12-11-8(15-9)6-2-3-7(10)17-6/h2-3H,4-5H2,1H3. The first-order chi connectivity index (χ1) is 8.44. The molecule has 0 aliphatic heterocycles. The van der Waals surface area contributed by atoms with Gasteiger partial charge in [0.1, 0.15) is 9.84 Å². The first-order valence-corrected chi connectivity index (χ1v) is 9.08. The Bertz CT molecular complexity index is 635. The summed E-state index contributed by atoms with van der Waals surface area (Å²) in [5.74, 6) is 0.875. The minimum atomic E-state index is -2.96. The lowest BCUT2D eigenvalue weighted by atomic mass is 10.5. The van der Waals surface area contributed by atoms with E-state index in [0.29, 0.717) is 21.2 Å². The third-order valence-corrected chi connectivity index (χ3v) is 5.11. The van der Waals surface area contributed by atoms with E-state index in [2.05, 4.69) is 10.2 Å². The molecule has 0 aliphatic carbocycles. The lowest BCUT2D eigenvalue weighted by molar-refractivity contribution is 0.467. The molecule has 5 nitrogen and oxygen atoms in total. The maximum atomic E-state index is 11.0. The Labute approximate surface area is 117 Å². The van der Waals surface area contributed by atoms with Crippen LogP contribution >= 0.6 is 34.7 Å². The van der Waals surface area contributed by atoms with E-state index >= 15 is 0 Å². The summed E-state index contributed by atoms with van der Waals surface area (Å²) >= 11 is 8.38. The van der Waals surface area contributed by atoms with Crippen molar-refractivity contribution in [2.75, 3.05) is 17.8 Å². The molecule has 0 atom stereocenters. The number of rotatable bonds is 5. The van der Waals surface area contributed by atoms with E-state index in [-0.39, 0.29) is 5.75 Å². The van der Waals surface area contributed by atoms with Crippen molar-refractivity contribution in [3.05, 3.63) is 16.5 Å². The van der Waals surface area contributed by atoms with E-state index < -0.39 is 9.84 Å². The predicted octanol–water partition coefficient (Wildman–Crippen LogP) is 2.59. The molecule has 0 bridgehead atoms. The number of nitrogens with zero attached hydrogens (tertiary/aromatic N) is 2. The van der Waals surface area contributed by atoms with E-state index in [0.717, 1.165) is 4.88 Å². The Morgan fingerprint density at radius 2 is 2.22 bits per heavy atom. The molecule has 0 unspecified atom stereocenters. The van der Waals surface area contributed by atoms with E-state index in [1.807, 2.05) is 0 Å². The SMILES string of the molecule is CS(=O)(=O)CCSc1nnc(-c2ccc(Cl)s2)o1. The molecular weight excluding hydrogens is 316 g/mol. The second-order valence-corrected chi connectivity index (χ2v) is 8.48. The van der Waals surface area contributed by atoms with Gasteiger partial charge in [0, 0.05) is 12.0 Å². The van der Waals surface area contributed by atoms with Crippen molar-refractivity contribution in [3.63, 3.8) is 0 Å². The third-order valence-electron chi connectivity index (χ3n) is 1.87. The largest absolute Gasteiger partial charge is 0.410 e. The summed E-state index contributed by atoms with van der Waals surface area (Å²) in [6, 6.07) is 3.55. The van der Waals surface area contributed by atoms with E-state index in [9.17, 15) is 8.42 Å². The molecule has 0 aliphatic rings. The van der Waals surface area contributed by atoms with Crippen LogP contribution in [0.2, 0.25) is 4.34 Å². The molecule has 2 aromatic heterocycles. The molecule has 0 saturated heterocycles. The van der Waals surface area contributed by atoms with Crippen LogP contribution in [0.3, 0.4) is 0 Å². The third kappa shape index (κ3) is 3.98. The average molecular weight is 325 g/mol. The molecule has 9 heteroatoms. The monoisotopic (exact) mass is 324 g/mol. The van der Waals surface area contributed by atoms with Crippen molar-refractivity contribution < 1.29 is 12.8 Å².